The summed E-state index contributed by atoms with van der Waals surface area (Å²) < 4.78 is 38.2. The van der Waals surface area contributed by atoms with Gasteiger partial charge >= 0.3 is 6.18 Å². The monoisotopic (exact) mass is 540 g/mol. The van der Waals surface area contributed by atoms with Crippen LogP contribution in [0.25, 0.3) is 22.4 Å². The Morgan fingerprint density at radius 3 is 2.59 bits per heavy atom. The lowest BCUT2D eigenvalue weighted by atomic mass is 10.1. The van der Waals surface area contributed by atoms with Crippen LogP contribution in [0.5, 0.6) is 0 Å². The van der Waals surface area contributed by atoms with E-state index in [2.05, 4.69) is 35.2 Å². The molecule has 4 heterocycles. The Morgan fingerprint density at radius 2 is 1.90 bits per heavy atom. The van der Waals surface area contributed by atoms with Crippen LogP contribution in [0.1, 0.15) is 11.5 Å². The van der Waals surface area contributed by atoms with E-state index in [0.717, 1.165) is 5.69 Å². The molecule has 4 aromatic rings. The first-order chi connectivity index (χ1) is 18.7. The summed E-state index contributed by atoms with van der Waals surface area (Å²) >= 11 is 0. The van der Waals surface area contributed by atoms with E-state index in [4.69, 9.17) is 5.73 Å². The predicted octanol–water partition coefficient (Wildman–Crippen LogP) is 2.64. The summed E-state index contributed by atoms with van der Waals surface area (Å²) in [4.78, 5) is 39.6. The van der Waals surface area contributed by atoms with Gasteiger partial charge in [0, 0.05) is 57.5 Å². The van der Waals surface area contributed by atoms with Gasteiger partial charge in [-0.25, -0.2) is 15.0 Å². The SMILES string of the molecule is CN=Cc1[nH]c(=O)c(-c2nc3ccc(N4CCN(CC(F)(F)F)CC4)cc3[nH]2)c(NCc2ncccn2)c1N. The fourth-order valence-electron chi connectivity index (χ4n) is 4.59. The number of benzene rings is 1. The third kappa shape index (κ3) is 5.85. The summed E-state index contributed by atoms with van der Waals surface area (Å²) in [5, 5.41) is 3.18. The summed E-state index contributed by atoms with van der Waals surface area (Å²) in [6.07, 6.45) is 0.491. The number of fused-ring (bicyclic) bond motifs is 1. The number of nitrogens with one attached hydrogen (secondary N) is 3. The third-order valence-corrected chi connectivity index (χ3v) is 6.43. The number of piperazine rings is 1. The smallest absolute Gasteiger partial charge is 0.395 e. The van der Waals surface area contributed by atoms with E-state index in [9.17, 15) is 18.0 Å². The number of H-pyrrole nitrogens is 2. The molecule has 1 aliphatic heterocycles. The Labute approximate surface area is 221 Å². The number of nitrogens with two attached hydrogens (primary N) is 1. The van der Waals surface area contributed by atoms with Crippen LogP contribution in [0, 0.1) is 0 Å². The Balaban J connectivity index is 1.45. The first-order valence-electron chi connectivity index (χ1n) is 12.2. The van der Waals surface area contributed by atoms with Gasteiger partial charge in [0.05, 0.1) is 41.2 Å². The normalized spacial score (nSPS) is 14.9. The molecule has 5 N–H and O–H groups in total. The zero-order valence-electron chi connectivity index (χ0n) is 21.1. The number of imidazole rings is 1. The molecule has 3 aromatic heterocycles. The van der Waals surface area contributed by atoms with Gasteiger partial charge in [0.2, 0.25) is 0 Å². The highest BCUT2D eigenvalue weighted by atomic mass is 19.4. The molecule has 0 amide bonds. The number of aliphatic imine (C=N–C) groups is 1. The molecule has 1 saturated heterocycles. The van der Waals surface area contributed by atoms with E-state index in [-0.39, 0.29) is 17.8 Å². The number of hydrogen-bond acceptors (Lipinski definition) is 9. The molecular weight excluding hydrogens is 513 g/mol. The van der Waals surface area contributed by atoms with Crippen molar-refractivity contribution in [1.82, 2.24) is 29.8 Å². The topological polar surface area (TPSA) is 144 Å². The molecule has 0 atom stereocenters. The van der Waals surface area contributed by atoms with Crippen molar-refractivity contribution in [3.63, 3.8) is 0 Å². The fourth-order valence-corrected chi connectivity index (χ4v) is 4.59. The van der Waals surface area contributed by atoms with Gasteiger partial charge in [-0.15, -0.1) is 0 Å². The second-order valence-electron chi connectivity index (χ2n) is 9.10. The van der Waals surface area contributed by atoms with Crippen molar-refractivity contribution < 1.29 is 13.2 Å². The first kappa shape index (κ1) is 26.2. The Hall–Kier alpha value is -4.46. The van der Waals surface area contributed by atoms with Crippen LogP contribution in [-0.4, -0.2) is 82.0 Å². The van der Waals surface area contributed by atoms with Crippen molar-refractivity contribution in [3.8, 4) is 11.4 Å². The number of alkyl halides is 3. The molecule has 0 saturated carbocycles. The van der Waals surface area contributed by atoms with E-state index in [1.54, 1.807) is 25.5 Å². The maximum absolute atomic E-state index is 13.2. The van der Waals surface area contributed by atoms with Crippen molar-refractivity contribution >= 4 is 34.3 Å². The molecule has 39 heavy (non-hydrogen) atoms. The highest BCUT2D eigenvalue weighted by molar-refractivity contribution is 5.95. The third-order valence-electron chi connectivity index (χ3n) is 6.43. The van der Waals surface area contributed by atoms with Gasteiger partial charge in [-0.2, -0.15) is 13.2 Å². The van der Waals surface area contributed by atoms with Gasteiger partial charge in [0.25, 0.3) is 5.56 Å². The van der Waals surface area contributed by atoms with Crippen molar-refractivity contribution in [2.45, 2.75) is 12.7 Å². The van der Waals surface area contributed by atoms with Gasteiger partial charge in [0.15, 0.2) is 0 Å². The lowest BCUT2D eigenvalue weighted by Gasteiger charge is -2.36. The van der Waals surface area contributed by atoms with E-state index >= 15 is 0 Å². The minimum Gasteiger partial charge on any atom is -0.395 e. The molecular formula is C25H27F3N10O. The minimum absolute atomic E-state index is 0.217. The molecule has 0 unspecified atom stereocenters. The van der Waals surface area contributed by atoms with Crippen LogP contribution in [0.2, 0.25) is 0 Å². The maximum Gasteiger partial charge on any atom is 0.401 e. The zero-order valence-corrected chi connectivity index (χ0v) is 21.1. The largest absolute Gasteiger partial charge is 0.401 e. The van der Waals surface area contributed by atoms with Crippen LogP contribution in [0.4, 0.5) is 30.2 Å². The van der Waals surface area contributed by atoms with Crippen LogP contribution in [0.15, 0.2) is 46.4 Å². The van der Waals surface area contributed by atoms with Crippen LogP contribution >= 0.6 is 0 Å². The van der Waals surface area contributed by atoms with Crippen molar-refractivity contribution in [3.05, 3.63) is 58.5 Å². The fraction of sp³-hybridized carbons (Fsp3) is 0.320. The van der Waals surface area contributed by atoms with Crippen LogP contribution < -0.4 is 21.5 Å². The van der Waals surface area contributed by atoms with E-state index in [0.29, 0.717) is 60.2 Å². The van der Waals surface area contributed by atoms with E-state index < -0.39 is 18.3 Å². The molecule has 14 heteroatoms. The average molecular weight is 541 g/mol. The average Bonchev–Trinajstić information content (AvgIpc) is 3.32. The number of rotatable bonds is 7. The number of hydrogen-bond donors (Lipinski definition) is 4. The number of aromatic amines is 2. The minimum atomic E-state index is -4.21. The Bertz CT molecular complexity index is 1540. The molecule has 5 rings (SSSR count). The zero-order chi connectivity index (χ0) is 27.6. The lowest BCUT2D eigenvalue weighted by Crippen LogP contribution is -2.49. The van der Waals surface area contributed by atoms with Gasteiger partial charge < -0.3 is 25.9 Å². The molecule has 0 spiro atoms. The van der Waals surface area contributed by atoms with E-state index in [1.165, 1.54) is 11.1 Å². The summed E-state index contributed by atoms with van der Waals surface area (Å²) in [5.74, 6) is 0.819. The molecule has 0 aliphatic carbocycles. The van der Waals surface area contributed by atoms with E-state index in [1.807, 2.05) is 23.1 Å². The summed E-state index contributed by atoms with van der Waals surface area (Å²) in [5.41, 5.74) is 9.37. The maximum atomic E-state index is 13.2. The molecule has 1 aliphatic rings. The van der Waals surface area contributed by atoms with Crippen molar-refractivity contribution in [2.24, 2.45) is 4.99 Å². The second-order valence-corrected chi connectivity index (χ2v) is 9.10. The molecule has 1 fully saturated rings. The summed E-state index contributed by atoms with van der Waals surface area (Å²) in [7, 11) is 1.57. The summed E-state index contributed by atoms with van der Waals surface area (Å²) in [6.45, 7) is 0.873. The second kappa shape index (κ2) is 10.7. The number of nitrogens with zero attached hydrogens (tertiary/aromatic N) is 6. The van der Waals surface area contributed by atoms with Gasteiger partial charge in [-0.1, -0.05) is 0 Å². The first-order valence-corrected chi connectivity index (χ1v) is 12.2. The van der Waals surface area contributed by atoms with Gasteiger partial charge in [-0.3, -0.25) is 14.7 Å². The standard InChI is InChI=1S/C25H27F3N10O/c1-30-12-18-21(29)22(33-13-19-31-5-2-6-32-19)20(24(39)36-18)23-34-16-4-3-15(11-17(16)35-23)38-9-7-37(8-10-38)14-25(26,27)28/h2-6,11-12H,7-10,13-14,29H2,1H3,(H,34,35)(H2,33,36,39). The molecule has 0 radical (unpaired) electrons. The molecule has 1 aromatic carbocycles. The van der Waals surface area contributed by atoms with Crippen LogP contribution in [0.3, 0.4) is 0 Å². The number of aromatic nitrogens is 5. The molecule has 0 bridgehead atoms. The van der Waals surface area contributed by atoms with Gasteiger partial charge in [0.1, 0.15) is 17.2 Å². The quantitative estimate of drug-likeness (QED) is 0.262. The lowest BCUT2D eigenvalue weighted by molar-refractivity contribution is -0.146. The number of anilines is 3. The Morgan fingerprint density at radius 1 is 1.15 bits per heavy atom. The number of halogens is 3. The molecule has 11 nitrogen and oxygen atoms in total. The highest BCUT2D eigenvalue weighted by Gasteiger charge is 2.32. The van der Waals surface area contributed by atoms with Crippen molar-refractivity contribution in [1.29, 1.82) is 0 Å². The number of nitrogen functional groups attached to an aromatic ring is 1. The highest BCUT2D eigenvalue weighted by Crippen LogP contribution is 2.32. The van der Waals surface area contributed by atoms with Crippen molar-refractivity contribution in [2.75, 3.05) is 55.7 Å². The summed E-state index contributed by atoms with van der Waals surface area (Å²) in [6, 6.07) is 7.27. The van der Waals surface area contributed by atoms with Crippen LogP contribution in [-0.2, 0) is 6.54 Å². The molecule has 204 valence electrons. The predicted molar refractivity (Wildman–Crippen MR) is 144 cm³/mol. The number of pyridine rings is 1. The Kier molecular flexibility index (Phi) is 7.19. The van der Waals surface area contributed by atoms with Gasteiger partial charge in [-0.05, 0) is 24.3 Å².